The highest BCUT2D eigenvalue weighted by Gasteiger charge is 2.14. The van der Waals surface area contributed by atoms with Crippen LogP contribution in [0, 0.1) is 18.7 Å². The summed E-state index contributed by atoms with van der Waals surface area (Å²) >= 11 is 0. The summed E-state index contributed by atoms with van der Waals surface area (Å²) in [5.41, 5.74) is 1.23. The van der Waals surface area contributed by atoms with Crippen LogP contribution in [-0.2, 0) is 11.3 Å². The zero-order chi connectivity index (χ0) is 17.6. The third-order valence-electron chi connectivity index (χ3n) is 4.83. The number of aryl methyl sites for hydroxylation is 1. The van der Waals surface area contributed by atoms with Crippen molar-refractivity contribution in [3.8, 4) is 5.69 Å². The normalized spacial score (nSPS) is 15.3. The molecule has 1 saturated heterocycles. The average molecular weight is 344 g/mol. The number of aromatic nitrogens is 2. The van der Waals surface area contributed by atoms with E-state index in [0.717, 1.165) is 43.7 Å². The molecule has 0 radical (unpaired) electrons. The van der Waals surface area contributed by atoms with E-state index < -0.39 is 0 Å². The van der Waals surface area contributed by atoms with E-state index in [1.807, 2.05) is 13.0 Å². The molecule has 0 spiro atoms. The van der Waals surface area contributed by atoms with Crippen molar-refractivity contribution in [2.75, 3.05) is 13.1 Å². The van der Waals surface area contributed by atoms with Crippen molar-refractivity contribution >= 4 is 5.91 Å². The first kappa shape index (κ1) is 17.6. The quantitative estimate of drug-likeness (QED) is 0.847. The molecule has 5 nitrogen and oxygen atoms in total. The fourth-order valence-corrected chi connectivity index (χ4v) is 3.28. The molecule has 0 bridgehead atoms. The first-order valence-corrected chi connectivity index (χ1v) is 8.89. The number of piperidine rings is 1. The van der Waals surface area contributed by atoms with Gasteiger partial charge in [0.05, 0.1) is 5.69 Å². The minimum Gasteiger partial charge on any atom is -0.352 e. The Kier molecular flexibility index (Phi) is 5.81. The van der Waals surface area contributed by atoms with E-state index in [-0.39, 0.29) is 11.7 Å². The van der Waals surface area contributed by atoms with Gasteiger partial charge in [-0.15, -0.1) is 0 Å². The lowest BCUT2D eigenvalue weighted by molar-refractivity contribution is -0.121. The van der Waals surface area contributed by atoms with Crippen LogP contribution in [0.25, 0.3) is 5.69 Å². The van der Waals surface area contributed by atoms with Crippen molar-refractivity contribution < 1.29 is 9.18 Å². The summed E-state index contributed by atoms with van der Waals surface area (Å²) in [6.45, 7) is 4.28. The SMILES string of the molecule is Cc1nccn1-c1ccc(CNC(=O)CCC2CCNCC2)cc1F. The average Bonchev–Trinajstić information content (AvgIpc) is 3.05. The molecule has 0 unspecified atom stereocenters. The van der Waals surface area contributed by atoms with E-state index in [0.29, 0.717) is 24.6 Å². The maximum atomic E-state index is 14.3. The Hall–Kier alpha value is -2.21. The number of hydrogen-bond donors (Lipinski definition) is 2. The van der Waals surface area contributed by atoms with E-state index in [4.69, 9.17) is 0 Å². The van der Waals surface area contributed by atoms with Crippen LogP contribution in [0.1, 0.15) is 37.1 Å². The molecule has 0 atom stereocenters. The monoisotopic (exact) mass is 344 g/mol. The van der Waals surface area contributed by atoms with Crippen molar-refractivity contribution in [1.82, 2.24) is 20.2 Å². The van der Waals surface area contributed by atoms with Crippen LogP contribution in [-0.4, -0.2) is 28.5 Å². The maximum Gasteiger partial charge on any atom is 0.220 e. The van der Waals surface area contributed by atoms with Crippen LogP contribution in [0.4, 0.5) is 4.39 Å². The second-order valence-corrected chi connectivity index (χ2v) is 6.64. The van der Waals surface area contributed by atoms with Crippen LogP contribution in [0.5, 0.6) is 0 Å². The van der Waals surface area contributed by atoms with Crippen LogP contribution in [0.2, 0.25) is 0 Å². The highest BCUT2D eigenvalue weighted by atomic mass is 19.1. The molecule has 1 aliphatic heterocycles. The van der Waals surface area contributed by atoms with Gasteiger partial charge in [0.2, 0.25) is 5.91 Å². The fourth-order valence-electron chi connectivity index (χ4n) is 3.28. The van der Waals surface area contributed by atoms with Gasteiger partial charge in [0.15, 0.2) is 0 Å². The number of hydrogen-bond acceptors (Lipinski definition) is 3. The molecule has 1 aromatic heterocycles. The van der Waals surface area contributed by atoms with E-state index in [1.54, 1.807) is 23.0 Å². The Morgan fingerprint density at radius 2 is 2.20 bits per heavy atom. The Balaban J connectivity index is 1.50. The molecule has 1 amide bonds. The fraction of sp³-hybridized carbons (Fsp3) is 0.474. The van der Waals surface area contributed by atoms with Crippen molar-refractivity contribution in [2.24, 2.45) is 5.92 Å². The first-order valence-electron chi connectivity index (χ1n) is 8.89. The summed E-state index contributed by atoms with van der Waals surface area (Å²) in [5, 5.41) is 6.22. The maximum absolute atomic E-state index is 14.3. The topological polar surface area (TPSA) is 59.0 Å². The molecule has 3 rings (SSSR count). The number of halogens is 1. The van der Waals surface area contributed by atoms with Crippen LogP contribution >= 0.6 is 0 Å². The third kappa shape index (κ3) is 4.66. The first-order chi connectivity index (χ1) is 12.1. The summed E-state index contributed by atoms with van der Waals surface area (Å²) in [4.78, 5) is 16.1. The Morgan fingerprint density at radius 1 is 1.40 bits per heavy atom. The zero-order valence-electron chi connectivity index (χ0n) is 14.6. The van der Waals surface area contributed by atoms with Crippen molar-refractivity contribution in [1.29, 1.82) is 0 Å². The Bertz CT molecular complexity index is 722. The van der Waals surface area contributed by atoms with Crippen molar-refractivity contribution in [2.45, 2.75) is 39.2 Å². The van der Waals surface area contributed by atoms with Gasteiger partial charge in [-0.25, -0.2) is 9.37 Å². The molecule has 134 valence electrons. The molecular formula is C19H25FN4O. The highest BCUT2D eigenvalue weighted by Crippen LogP contribution is 2.18. The molecule has 6 heteroatoms. The summed E-state index contributed by atoms with van der Waals surface area (Å²) in [6, 6.07) is 5.04. The van der Waals surface area contributed by atoms with Gasteiger partial charge in [-0.05, 0) is 62.9 Å². The third-order valence-corrected chi connectivity index (χ3v) is 4.83. The van der Waals surface area contributed by atoms with Crippen molar-refractivity contribution in [3.63, 3.8) is 0 Å². The summed E-state index contributed by atoms with van der Waals surface area (Å²) in [7, 11) is 0. The summed E-state index contributed by atoms with van der Waals surface area (Å²) in [6.07, 6.45) is 7.14. The molecular weight excluding hydrogens is 319 g/mol. The summed E-state index contributed by atoms with van der Waals surface area (Å²) < 4.78 is 16.0. The van der Waals surface area contributed by atoms with E-state index in [9.17, 15) is 9.18 Å². The van der Waals surface area contributed by atoms with Gasteiger partial charge in [-0.1, -0.05) is 6.07 Å². The minimum atomic E-state index is -0.317. The number of rotatable bonds is 6. The van der Waals surface area contributed by atoms with Crippen LogP contribution in [0.3, 0.4) is 0 Å². The lowest BCUT2D eigenvalue weighted by Gasteiger charge is -2.22. The highest BCUT2D eigenvalue weighted by molar-refractivity contribution is 5.75. The van der Waals surface area contributed by atoms with E-state index in [2.05, 4.69) is 15.6 Å². The number of amides is 1. The number of nitrogens with zero attached hydrogens (tertiary/aromatic N) is 2. The van der Waals surface area contributed by atoms with Gasteiger partial charge in [0, 0.05) is 25.4 Å². The number of benzene rings is 1. The van der Waals surface area contributed by atoms with Crippen molar-refractivity contribution in [3.05, 3.63) is 47.8 Å². The van der Waals surface area contributed by atoms with Gasteiger partial charge in [0.1, 0.15) is 11.6 Å². The number of nitrogens with one attached hydrogen (secondary N) is 2. The smallest absolute Gasteiger partial charge is 0.220 e. The van der Waals surface area contributed by atoms with Gasteiger partial charge in [-0.2, -0.15) is 0 Å². The molecule has 25 heavy (non-hydrogen) atoms. The van der Waals surface area contributed by atoms with Gasteiger partial charge in [0.25, 0.3) is 0 Å². The lowest BCUT2D eigenvalue weighted by Crippen LogP contribution is -2.29. The Morgan fingerprint density at radius 3 is 2.88 bits per heavy atom. The second kappa shape index (κ2) is 8.25. The molecule has 2 N–H and O–H groups in total. The van der Waals surface area contributed by atoms with Crippen LogP contribution in [0.15, 0.2) is 30.6 Å². The largest absolute Gasteiger partial charge is 0.352 e. The Labute approximate surface area is 147 Å². The lowest BCUT2D eigenvalue weighted by atomic mass is 9.93. The molecule has 2 heterocycles. The van der Waals surface area contributed by atoms with Gasteiger partial charge < -0.3 is 15.2 Å². The zero-order valence-corrected chi connectivity index (χ0v) is 14.6. The predicted molar refractivity (Wildman–Crippen MR) is 94.9 cm³/mol. The molecule has 0 saturated carbocycles. The second-order valence-electron chi connectivity index (χ2n) is 6.64. The minimum absolute atomic E-state index is 0.0356. The predicted octanol–water partition coefficient (Wildman–Crippen LogP) is 2.72. The summed E-state index contributed by atoms with van der Waals surface area (Å²) in [5.74, 6) is 1.09. The number of carbonyl (C=O) groups excluding carboxylic acids is 1. The van der Waals surface area contributed by atoms with Crippen LogP contribution < -0.4 is 10.6 Å². The van der Waals surface area contributed by atoms with E-state index in [1.165, 1.54) is 6.07 Å². The molecule has 1 aromatic carbocycles. The molecule has 1 aliphatic rings. The van der Waals surface area contributed by atoms with Gasteiger partial charge >= 0.3 is 0 Å². The van der Waals surface area contributed by atoms with E-state index >= 15 is 0 Å². The number of carbonyl (C=O) groups is 1. The number of imidazole rings is 1. The van der Waals surface area contributed by atoms with Gasteiger partial charge in [-0.3, -0.25) is 4.79 Å². The molecule has 2 aromatic rings. The molecule has 1 fully saturated rings. The molecule has 0 aliphatic carbocycles. The standard InChI is InChI=1S/C19H25FN4O/c1-14-22-10-11-24(14)18-4-2-16(12-17(18)20)13-23-19(25)5-3-15-6-8-21-9-7-15/h2,4,10-12,15,21H,3,5-9,13H2,1H3,(H,23,25).